The molecular formula is C25H29N3O3S2. The molecule has 2 aromatic heterocycles. The Bertz CT molecular complexity index is 1070. The fourth-order valence-corrected chi connectivity index (χ4v) is 7.00. The van der Waals surface area contributed by atoms with E-state index in [1.54, 1.807) is 18.4 Å². The van der Waals surface area contributed by atoms with Gasteiger partial charge < -0.3 is 19.4 Å². The van der Waals surface area contributed by atoms with Crippen LogP contribution in [0.4, 0.5) is 0 Å². The van der Waals surface area contributed by atoms with E-state index in [2.05, 4.69) is 26.9 Å². The lowest BCUT2D eigenvalue weighted by atomic mass is 10.0. The van der Waals surface area contributed by atoms with Gasteiger partial charge in [-0.25, -0.2) is 0 Å². The summed E-state index contributed by atoms with van der Waals surface area (Å²) < 4.78 is 13.0. The van der Waals surface area contributed by atoms with Gasteiger partial charge in [0, 0.05) is 42.7 Å². The van der Waals surface area contributed by atoms with Gasteiger partial charge in [0.15, 0.2) is 0 Å². The molecule has 8 heteroatoms. The van der Waals surface area contributed by atoms with Crippen LogP contribution >= 0.6 is 23.1 Å². The van der Waals surface area contributed by atoms with E-state index in [0.717, 1.165) is 47.3 Å². The zero-order chi connectivity index (χ0) is 22.6. The molecule has 4 heterocycles. The number of benzene rings is 1. The number of thiophene rings is 1. The summed E-state index contributed by atoms with van der Waals surface area (Å²) in [6, 6.07) is 12.3. The van der Waals surface area contributed by atoms with Crippen LogP contribution in [0.25, 0.3) is 5.00 Å². The number of ether oxygens (including phenoxy) is 2. The molecule has 174 valence electrons. The summed E-state index contributed by atoms with van der Waals surface area (Å²) in [6.45, 7) is 3.69. The van der Waals surface area contributed by atoms with Gasteiger partial charge in [-0.3, -0.25) is 9.69 Å². The van der Waals surface area contributed by atoms with Crippen LogP contribution in [0, 0.1) is 0 Å². The molecule has 1 aromatic carbocycles. The SMILES string of the molecule is COc1ccc(C(CNC(=O)c2c(-n3cccc3)sc3c2CCSC3)N2CCOCC2)cc1. The molecular weight excluding hydrogens is 454 g/mol. The van der Waals surface area contributed by atoms with Crippen LogP contribution in [0.5, 0.6) is 5.75 Å². The van der Waals surface area contributed by atoms with E-state index in [-0.39, 0.29) is 11.9 Å². The fraction of sp³-hybridized carbons (Fsp3) is 0.400. The van der Waals surface area contributed by atoms with Crippen molar-refractivity contribution in [3.8, 4) is 10.8 Å². The number of methoxy groups -OCH3 is 1. The second-order valence-electron chi connectivity index (χ2n) is 8.22. The highest BCUT2D eigenvalue weighted by molar-refractivity contribution is 7.98. The molecule has 1 unspecified atom stereocenters. The summed E-state index contributed by atoms with van der Waals surface area (Å²) in [4.78, 5) is 17.4. The van der Waals surface area contributed by atoms with Crippen molar-refractivity contribution in [1.29, 1.82) is 0 Å². The standard InChI is InChI=1S/C25H29N3O3S2/c1-30-19-6-4-18(5-7-19)21(27-11-13-31-14-12-27)16-26-24(29)23-20-8-15-32-17-22(20)33-25(23)28-9-2-3-10-28/h2-7,9-10,21H,8,11-17H2,1H3,(H,26,29). The topological polar surface area (TPSA) is 55.7 Å². The van der Waals surface area contributed by atoms with Crippen molar-refractivity contribution in [2.75, 3.05) is 45.7 Å². The van der Waals surface area contributed by atoms with Gasteiger partial charge in [-0.05, 0) is 47.6 Å². The minimum Gasteiger partial charge on any atom is -0.497 e. The molecule has 1 atom stereocenters. The number of hydrogen-bond donors (Lipinski definition) is 1. The first-order valence-electron chi connectivity index (χ1n) is 11.3. The van der Waals surface area contributed by atoms with Crippen LogP contribution in [-0.4, -0.2) is 61.1 Å². The van der Waals surface area contributed by atoms with Crippen LogP contribution in [0.2, 0.25) is 0 Å². The predicted octanol–water partition coefficient (Wildman–Crippen LogP) is 4.14. The second-order valence-corrected chi connectivity index (χ2v) is 10.4. The van der Waals surface area contributed by atoms with Crippen molar-refractivity contribution >= 4 is 29.0 Å². The van der Waals surface area contributed by atoms with Gasteiger partial charge in [-0.2, -0.15) is 11.8 Å². The quantitative estimate of drug-likeness (QED) is 0.547. The summed E-state index contributed by atoms with van der Waals surface area (Å²) in [6.07, 6.45) is 5.00. The summed E-state index contributed by atoms with van der Waals surface area (Å²) in [7, 11) is 1.68. The molecule has 0 radical (unpaired) electrons. The summed E-state index contributed by atoms with van der Waals surface area (Å²) in [5.74, 6) is 2.92. The average Bonchev–Trinajstić information content (AvgIpc) is 3.53. The minimum absolute atomic E-state index is 0.0230. The third-order valence-corrected chi connectivity index (χ3v) is 8.72. The van der Waals surface area contributed by atoms with E-state index in [1.165, 1.54) is 16.0 Å². The Morgan fingerprint density at radius 1 is 1.18 bits per heavy atom. The number of morpholine rings is 1. The highest BCUT2D eigenvalue weighted by Gasteiger charge is 2.28. The third kappa shape index (κ3) is 4.84. The van der Waals surface area contributed by atoms with E-state index in [0.29, 0.717) is 19.8 Å². The molecule has 3 aromatic rings. The van der Waals surface area contributed by atoms with Gasteiger partial charge in [0.05, 0.1) is 31.9 Å². The van der Waals surface area contributed by atoms with Crippen LogP contribution in [0.1, 0.15) is 32.4 Å². The summed E-state index contributed by atoms with van der Waals surface area (Å²) in [5, 5.41) is 4.32. The Kier molecular flexibility index (Phi) is 7.06. The first-order valence-corrected chi connectivity index (χ1v) is 13.3. The lowest BCUT2D eigenvalue weighted by molar-refractivity contribution is 0.0162. The minimum atomic E-state index is 0.0230. The normalized spacial score (nSPS) is 17.4. The largest absolute Gasteiger partial charge is 0.497 e. The van der Waals surface area contributed by atoms with Crippen molar-refractivity contribution < 1.29 is 14.3 Å². The Morgan fingerprint density at radius 2 is 1.94 bits per heavy atom. The number of carbonyl (C=O) groups is 1. The van der Waals surface area contributed by atoms with Crippen molar-refractivity contribution in [2.24, 2.45) is 0 Å². The number of thioether (sulfide) groups is 1. The second kappa shape index (κ2) is 10.3. The van der Waals surface area contributed by atoms with E-state index in [9.17, 15) is 4.79 Å². The van der Waals surface area contributed by atoms with Gasteiger partial charge in [0.25, 0.3) is 5.91 Å². The first kappa shape index (κ1) is 22.5. The van der Waals surface area contributed by atoms with Crippen molar-refractivity contribution in [1.82, 2.24) is 14.8 Å². The maximum absolute atomic E-state index is 13.6. The zero-order valence-corrected chi connectivity index (χ0v) is 20.4. The lowest BCUT2D eigenvalue weighted by Gasteiger charge is -2.35. The fourth-order valence-electron chi connectivity index (χ4n) is 4.55. The maximum Gasteiger partial charge on any atom is 0.254 e. The number of fused-ring (bicyclic) bond motifs is 1. The van der Waals surface area contributed by atoms with Crippen LogP contribution in [-0.2, 0) is 16.9 Å². The van der Waals surface area contributed by atoms with Gasteiger partial charge in [0.1, 0.15) is 10.8 Å². The molecule has 2 aliphatic heterocycles. The molecule has 2 aliphatic rings. The van der Waals surface area contributed by atoms with Crippen molar-refractivity contribution in [3.05, 3.63) is 70.4 Å². The van der Waals surface area contributed by atoms with E-state index >= 15 is 0 Å². The number of nitrogens with one attached hydrogen (secondary N) is 1. The smallest absolute Gasteiger partial charge is 0.254 e. The average molecular weight is 484 g/mol. The molecule has 5 rings (SSSR count). The first-order chi connectivity index (χ1) is 16.2. The molecule has 6 nitrogen and oxygen atoms in total. The van der Waals surface area contributed by atoms with Crippen LogP contribution in [0.15, 0.2) is 48.8 Å². The Hall–Kier alpha value is -2.26. The molecule has 1 fully saturated rings. The third-order valence-electron chi connectivity index (χ3n) is 6.31. The van der Waals surface area contributed by atoms with Gasteiger partial charge in [-0.15, -0.1) is 11.3 Å². The maximum atomic E-state index is 13.6. The van der Waals surface area contributed by atoms with E-state index in [4.69, 9.17) is 9.47 Å². The Morgan fingerprint density at radius 3 is 2.67 bits per heavy atom. The molecule has 0 saturated carbocycles. The molecule has 33 heavy (non-hydrogen) atoms. The molecule has 1 amide bonds. The highest BCUT2D eigenvalue weighted by Crippen LogP contribution is 2.38. The molecule has 1 saturated heterocycles. The van der Waals surface area contributed by atoms with Crippen LogP contribution in [0.3, 0.4) is 0 Å². The monoisotopic (exact) mass is 483 g/mol. The summed E-state index contributed by atoms with van der Waals surface area (Å²) in [5.41, 5.74) is 3.25. The lowest BCUT2D eigenvalue weighted by Crippen LogP contribution is -2.44. The number of rotatable bonds is 7. The number of hydrogen-bond acceptors (Lipinski definition) is 6. The molecule has 0 aliphatic carbocycles. The Balaban J connectivity index is 1.40. The summed E-state index contributed by atoms with van der Waals surface area (Å²) >= 11 is 3.70. The Labute approximate surface area is 202 Å². The van der Waals surface area contributed by atoms with Crippen molar-refractivity contribution in [2.45, 2.75) is 18.2 Å². The number of carbonyl (C=O) groups excluding carboxylic acids is 1. The number of aromatic nitrogens is 1. The van der Waals surface area contributed by atoms with E-state index in [1.807, 2.05) is 48.4 Å². The van der Waals surface area contributed by atoms with Gasteiger partial charge >= 0.3 is 0 Å². The van der Waals surface area contributed by atoms with Gasteiger partial charge in [-0.1, -0.05) is 12.1 Å². The number of nitrogens with zero attached hydrogens (tertiary/aromatic N) is 2. The van der Waals surface area contributed by atoms with Crippen LogP contribution < -0.4 is 10.1 Å². The van der Waals surface area contributed by atoms with Gasteiger partial charge in [0.2, 0.25) is 0 Å². The highest BCUT2D eigenvalue weighted by atomic mass is 32.2. The molecule has 1 N–H and O–H groups in total. The predicted molar refractivity (Wildman–Crippen MR) is 134 cm³/mol. The van der Waals surface area contributed by atoms with E-state index < -0.39 is 0 Å². The molecule has 0 bridgehead atoms. The molecule has 0 spiro atoms. The zero-order valence-electron chi connectivity index (χ0n) is 18.8. The van der Waals surface area contributed by atoms with Crippen molar-refractivity contribution in [3.63, 3.8) is 0 Å². The number of amides is 1.